The number of halogens is 6. The first kappa shape index (κ1) is 28.6. The molecular formula is C28H31ClF5NO3. The molecule has 0 atom stereocenters. The van der Waals surface area contributed by atoms with Gasteiger partial charge in [0.1, 0.15) is 29.4 Å². The molecule has 4 nitrogen and oxygen atoms in total. The van der Waals surface area contributed by atoms with Crippen LogP contribution in [0.15, 0.2) is 30.3 Å². The predicted octanol–water partition coefficient (Wildman–Crippen LogP) is 7.71. The third-order valence-electron chi connectivity index (χ3n) is 6.75. The van der Waals surface area contributed by atoms with Crippen LogP contribution in [-0.4, -0.2) is 41.8 Å². The van der Waals surface area contributed by atoms with E-state index in [1.807, 2.05) is 4.90 Å². The van der Waals surface area contributed by atoms with Crippen LogP contribution in [0, 0.1) is 5.82 Å². The molecule has 0 aromatic heterocycles. The van der Waals surface area contributed by atoms with Gasteiger partial charge < -0.3 is 9.47 Å². The third kappa shape index (κ3) is 7.17. The van der Waals surface area contributed by atoms with Gasteiger partial charge in [-0.15, -0.1) is 0 Å². The summed E-state index contributed by atoms with van der Waals surface area (Å²) in [6, 6.07) is 5.83. The number of esters is 1. The van der Waals surface area contributed by atoms with Gasteiger partial charge in [0, 0.05) is 30.7 Å². The predicted molar refractivity (Wildman–Crippen MR) is 134 cm³/mol. The molecule has 4 rings (SSSR count). The Morgan fingerprint density at radius 3 is 2.32 bits per heavy atom. The molecule has 0 spiro atoms. The lowest BCUT2D eigenvalue weighted by molar-refractivity contribution is -0.137. The van der Waals surface area contributed by atoms with Crippen LogP contribution in [0.3, 0.4) is 0 Å². The molecule has 2 fully saturated rings. The van der Waals surface area contributed by atoms with Crippen molar-refractivity contribution in [3.05, 3.63) is 63.4 Å². The molecular weight excluding hydrogens is 529 g/mol. The fourth-order valence-corrected chi connectivity index (χ4v) is 4.70. The largest absolute Gasteiger partial charge is 0.490 e. The van der Waals surface area contributed by atoms with Crippen molar-refractivity contribution < 1.29 is 36.2 Å². The lowest BCUT2D eigenvalue weighted by Gasteiger charge is -2.36. The normalized spacial score (nSPS) is 18.3. The summed E-state index contributed by atoms with van der Waals surface area (Å²) in [5.74, 6) is -1.19. The fourth-order valence-electron chi connectivity index (χ4n) is 4.46. The summed E-state index contributed by atoms with van der Waals surface area (Å²) in [7, 11) is 0. The van der Waals surface area contributed by atoms with Crippen molar-refractivity contribution in [1.82, 2.24) is 4.90 Å². The van der Waals surface area contributed by atoms with Gasteiger partial charge in [-0.05, 0) is 81.7 Å². The molecule has 1 aliphatic heterocycles. The average molecular weight is 560 g/mol. The summed E-state index contributed by atoms with van der Waals surface area (Å²) in [5.41, 5.74) is -2.19. The van der Waals surface area contributed by atoms with Crippen LogP contribution >= 0.6 is 11.6 Å². The van der Waals surface area contributed by atoms with Crippen molar-refractivity contribution in [2.24, 2.45) is 0 Å². The molecule has 0 radical (unpaired) electrons. The van der Waals surface area contributed by atoms with Crippen LogP contribution in [0.2, 0.25) is 5.02 Å². The number of benzene rings is 2. The average Bonchev–Trinajstić information content (AvgIpc) is 3.64. The molecule has 0 bridgehead atoms. The van der Waals surface area contributed by atoms with E-state index < -0.39 is 34.8 Å². The number of hydrogen-bond donors (Lipinski definition) is 0. The van der Waals surface area contributed by atoms with Crippen LogP contribution in [-0.2, 0) is 17.5 Å². The molecule has 208 valence electrons. The van der Waals surface area contributed by atoms with Gasteiger partial charge in [0.15, 0.2) is 0 Å². The molecule has 0 unspecified atom stereocenters. The maximum absolute atomic E-state index is 15.6. The first-order valence-electron chi connectivity index (χ1n) is 12.6. The zero-order chi connectivity index (χ0) is 27.9. The number of ether oxygens (including phenoxy) is 2. The smallest absolute Gasteiger partial charge is 0.416 e. The molecule has 2 aromatic rings. The highest BCUT2D eigenvalue weighted by molar-refractivity contribution is 6.31. The number of carbonyl (C=O) groups excluding carboxylic acids is 1. The van der Waals surface area contributed by atoms with Crippen LogP contribution in [0.25, 0.3) is 0 Å². The van der Waals surface area contributed by atoms with E-state index in [2.05, 4.69) is 0 Å². The van der Waals surface area contributed by atoms with Crippen molar-refractivity contribution in [1.29, 1.82) is 0 Å². The minimum absolute atomic E-state index is 0.0182. The van der Waals surface area contributed by atoms with Gasteiger partial charge in [0.05, 0.1) is 11.1 Å². The molecule has 1 heterocycles. The second-order valence-corrected chi connectivity index (χ2v) is 11.6. The SMILES string of the molecule is CC(C)(C)OC(=O)c1cc(C2CC2)c(OCC2(F)CCN(Cc3ccc(C(F)(F)F)cc3Cl)CC2)cc1F. The lowest BCUT2D eigenvalue weighted by atomic mass is 9.93. The van der Waals surface area contributed by atoms with E-state index in [0.717, 1.165) is 31.0 Å². The van der Waals surface area contributed by atoms with E-state index >= 15 is 4.39 Å². The number of alkyl halides is 4. The molecule has 1 aliphatic carbocycles. The van der Waals surface area contributed by atoms with E-state index in [4.69, 9.17) is 21.1 Å². The van der Waals surface area contributed by atoms with E-state index in [9.17, 15) is 22.4 Å². The van der Waals surface area contributed by atoms with E-state index in [-0.39, 0.29) is 41.7 Å². The molecule has 1 saturated heterocycles. The molecule has 0 amide bonds. The second kappa shape index (κ2) is 10.6. The van der Waals surface area contributed by atoms with Gasteiger partial charge in [0.2, 0.25) is 0 Å². The number of carbonyl (C=O) groups is 1. The van der Waals surface area contributed by atoms with Crippen molar-refractivity contribution in [3.8, 4) is 5.75 Å². The summed E-state index contributed by atoms with van der Waals surface area (Å²) in [6.07, 6.45) is -2.44. The van der Waals surface area contributed by atoms with E-state index in [1.165, 1.54) is 12.1 Å². The quantitative estimate of drug-likeness (QED) is 0.257. The Balaban J connectivity index is 1.37. The zero-order valence-electron chi connectivity index (χ0n) is 21.6. The number of likely N-dealkylation sites (tertiary alicyclic amines) is 1. The maximum Gasteiger partial charge on any atom is 0.416 e. The maximum atomic E-state index is 15.6. The standard InChI is InChI=1S/C28H31ClF5NO3/c1-26(2,3)38-25(36)21-13-20(17-4-5-17)24(14-23(21)30)37-16-27(31)8-10-35(11-9-27)15-18-6-7-19(12-22(18)29)28(32,33)34/h6-7,12-14,17H,4-5,8-11,15-16H2,1-3H3. The Labute approximate surface area is 224 Å². The summed E-state index contributed by atoms with van der Waals surface area (Å²) in [5, 5.41) is 0.0182. The Kier molecular flexibility index (Phi) is 8.01. The van der Waals surface area contributed by atoms with E-state index in [1.54, 1.807) is 20.8 Å². The monoisotopic (exact) mass is 559 g/mol. The Bertz CT molecular complexity index is 1180. The number of piperidine rings is 1. The Hall–Kier alpha value is -2.39. The highest BCUT2D eigenvalue weighted by atomic mass is 35.5. The highest BCUT2D eigenvalue weighted by Gasteiger charge is 2.37. The minimum Gasteiger partial charge on any atom is -0.490 e. The van der Waals surface area contributed by atoms with Crippen LogP contribution < -0.4 is 4.74 Å². The summed E-state index contributed by atoms with van der Waals surface area (Å²) < 4.78 is 80.2. The molecule has 10 heteroatoms. The van der Waals surface area contributed by atoms with Crippen LogP contribution in [0.4, 0.5) is 22.0 Å². The van der Waals surface area contributed by atoms with Crippen LogP contribution in [0.5, 0.6) is 5.75 Å². The van der Waals surface area contributed by atoms with Crippen molar-refractivity contribution in [3.63, 3.8) is 0 Å². The fraction of sp³-hybridized carbons (Fsp3) is 0.536. The first-order chi connectivity index (χ1) is 17.6. The van der Waals surface area contributed by atoms with Crippen molar-refractivity contribution in [2.75, 3.05) is 19.7 Å². The molecule has 1 saturated carbocycles. The number of nitrogens with zero attached hydrogens (tertiary/aromatic N) is 1. The second-order valence-electron chi connectivity index (χ2n) is 11.2. The summed E-state index contributed by atoms with van der Waals surface area (Å²) >= 11 is 6.07. The molecule has 38 heavy (non-hydrogen) atoms. The number of rotatable bonds is 7. The minimum atomic E-state index is -4.47. The molecule has 2 aromatic carbocycles. The highest BCUT2D eigenvalue weighted by Crippen LogP contribution is 2.46. The Morgan fingerprint density at radius 1 is 1.11 bits per heavy atom. The summed E-state index contributed by atoms with van der Waals surface area (Å²) in [4.78, 5) is 14.4. The van der Waals surface area contributed by atoms with Crippen LogP contribution in [0.1, 0.15) is 79.4 Å². The molecule has 0 N–H and O–H groups in total. The van der Waals surface area contributed by atoms with Gasteiger partial charge in [-0.3, -0.25) is 4.90 Å². The van der Waals surface area contributed by atoms with Gasteiger partial charge >= 0.3 is 12.1 Å². The van der Waals surface area contributed by atoms with Gasteiger partial charge in [-0.2, -0.15) is 13.2 Å². The first-order valence-corrected chi connectivity index (χ1v) is 13.0. The number of hydrogen-bond acceptors (Lipinski definition) is 4. The van der Waals surface area contributed by atoms with Gasteiger partial charge in [-0.25, -0.2) is 13.6 Å². The Morgan fingerprint density at radius 2 is 1.76 bits per heavy atom. The van der Waals surface area contributed by atoms with Crippen molar-refractivity contribution >= 4 is 17.6 Å². The lowest BCUT2D eigenvalue weighted by Crippen LogP contribution is -2.44. The van der Waals surface area contributed by atoms with E-state index in [0.29, 0.717) is 30.8 Å². The van der Waals surface area contributed by atoms with Gasteiger partial charge in [-0.1, -0.05) is 17.7 Å². The third-order valence-corrected chi connectivity index (χ3v) is 7.10. The molecule has 2 aliphatic rings. The topological polar surface area (TPSA) is 38.8 Å². The zero-order valence-corrected chi connectivity index (χ0v) is 22.3. The van der Waals surface area contributed by atoms with Gasteiger partial charge in [0.25, 0.3) is 0 Å². The summed E-state index contributed by atoms with van der Waals surface area (Å²) in [6.45, 7) is 5.85. The van der Waals surface area contributed by atoms with Crippen molar-refractivity contribution in [2.45, 2.75) is 76.4 Å².